The van der Waals surface area contributed by atoms with Gasteiger partial charge in [-0.05, 0) is 12.1 Å². The fourth-order valence-corrected chi connectivity index (χ4v) is 2.44. The predicted octanol–water partition coefficient (Wildman–Crippen LogP) is -0.845. The molecule has 0 spiro atoms. The van der Waals surface area contributed by atoms with Crippen LogP contribution in [0.25, 0.3) is 21.5 Å². The van der Waals surface area contributed by atoms with Gasteiger partial charge in [0, 0.05) is 33.9 Å². The van der Waals surface area contributed by atoms with E-state index in [1.807, 2.05) is 0 Å². The average molecular weight is 418 g/mol. The van der Waals surface area contributed by atoms with Gasteiger partial charge in [-0.25, -0.2) is 10.2 Å². The van der Waals surface area contributed by atoms with E-state index in [1.54, 1.807) is 24.3 Å². The second kappa shape index (κ2) is 7.83. The summed E-state index contributed by atoms with van der Waals surface area (Å²) in [5.41, 5.74) is 10.8. The summed E-state index contributed by atoms with van der Waals surface area (Å²) >= 11 is 0. The number of nitrogens with zero attached hydrogens (tertiary/aromatic N) is 2. The number of fused-ring (bicyclic) bond motifs is 2. The van der Waals surface area contributed by atoms with Gasteiger partial charge in [0.15, 0.2) is 0 Å². The van der Waals surface area contributed by atoms with Gasteiger partial charge in [-0.15, -0.1) is 0 Å². The molecular weight excluding hydrogens is 406 g/mol. The van der Waals surface area contributed by atoms with E-state index < -0.39 is 22.9 Å². The van der Waals surface area contributed by atoms with Crippen molar-refractivity contribution in [2.45, 2.75) is 0 Å². The number of hydrogen-bond donors (Lipinski definition) is 4. The molecule has 0 aliphatic rings. The van der Waals surface area contributed by atoms with E-state index in [-0.39, 0.29) is 41.0 Å². The Kier molecular flexibility index (Phi) is 5.76. The van der Waals surface area contributed by atoms with Crippen LogP contribution in [0.5, 0.6) is 11.8 Å². The molecule has 0 aliphatic heterocycles. The maximum atomic E-state index is 11.2. The van der Waals surface area contributed by atoms with E-state index >= 15 is 0 Å². The quantitative estimate of drug-likeness (QED) is 0.210. The van der Waals surface area contributed by atoms with Gasteiger partial charge in [-0.3, -0.25) is 9.59 Å². The molecule has 2 aromatic carbocycles. The second-order valence-corrected chi connectivity index (χ2v) is 5.26. The van der Waals surface area contributed by atoms with E-state index in [9.17, 15) is 19.8 Å². The molecule has 0 aliphatic carbocycles. The van der Waals surface area contributed by atoms with Gasteiger partial charge >= 0.3 is 19.5 Å². The maximum Gasteiger partial charge on any atom is 2.00 e. The predicted molar refractivity (Wildman–Crippen MR) is 92.4 cm³/mol. The van der Waals surface area contributed by atoms with Crippen molar-refractivity contribution in [1.82, 2.24) is 20.4 Å². The minimum atomic E-state index is -0.470. The third-order valence-corrected chi connectivity index (χ3v) is 3.63. The summed E-state index contributed by atoms with van der Waals surface area (Å²) in [6.45, 7) is 0. The molecule has 4 aromatic rings. The molecule has 11 heteroatoms. The number of hydrogen-bond acceptors (Lipinski definition) is 8. The number of benzene rings is 2. The number of anilines is 2. The number of H-pyrrole nitrogens is 2. The van der Waals surface area contributed by atoms with Crippen molar-refractivity contribution in [3.63, 3.8) is 0 Å². The largest absolute Gasteiger partial charge is 2.00 e. The van der Waals surface area contributed by atoms with E-state index in [1.165, 1.54) is 12.1 Å². The Labute approximate surface area is 163 Å². The summed E-state index contributed by atoms with van der Waals surface area (Å²) < 4.78 is 0. The molecule has 10 nitrogen and oxygen atoms in total. The third-order valence-electron chi connectivity index (χ3n) is 3.63. The maximum absolute atomic E-state index is 11.2. The number of aromatic nitrogens is 4. The van der Waals surface area contributed by atoms with Crippen LogP contribution in [0.15, 0.2) is 46.0 Å². The molecule has 0 unspecified atom stereocenters. The monoisotopic (exact) mass is 416 g/mol. The summed E-state index contributed by atoms with van der Waals surface area (Å²) in [4.78, 5) is 22.4. The zero-order valence-corrected chi connectivity index (χ0v) is 16.8. The number of nitrogen functional groups attached to an aromatic ring is 2. The second-order valence-electron chi connectivity index (χ2n) is 5.26. The molecule has 27 heavy (non-hydrogen) atoms. The number of nitrogens with two attached hydrogens (primary N) is 2. The van der Waals surface area contributed by atoms with E-state index in [0.717, 1.165) is 0 Å². The van der Waals surface area contributed by atoms with Crippen LogP contribution in [0.3, 0.4) is 0 Å². The van der Waals surface area contributed by atoms with Gasteiger partial charge in [0.25, 0.3) is 11.1 Å². The van der Waals surface area contributed by atoms with Crippen LogP contribution in [0, 0.1) is 0 Å². The van der Waals surface area contributed by atoms with Crippen LogP contribution in [-0.4, -0.2) is 20.4 Å². The number of aromatic amines is 2. The van der Waals surface area contributed by atoms with Gasteiger partial charge < -0.3 is 21.7 Å². The van der Waals surface area contributed by atoms with Crippen LogP contribution in [0.1, 0.15) is 0 Å². The molecule has 0 atom stereocenters. The Morgan fingerprint density at radius 1 is 0.741 bits per heavy atom. The van der Waals surface area contributed by atoms with Gasteiger partial charge in [-0.2, -0.15) is 10.2 Å². The molecule has 0 radical (unpaired) electrons. The molecule has 0 fully saturated rings. The minimum absolute atomic E-state index is 0. The molecule has 4 rings (SSSR count). The first-order chi connectivity index (χ1) is 12.4. The Morgan fingerprint density at radius 3 is 1.44 bits per heavy atom. The molecule has 0 amide bonds. The normalized spacial score (nSPS) is 10.1. The van der Waals surface area contributed by atoms with E-state index in [4.69, 9.17) is 11.5 Å². The zero-order chi connectivity index (χ0) is 18.8. The van der Waals surface area contributed by atoms with Crippen LogP contribution >= 0.6 is 0 Å². The van der Waals surface area contributed by atoms with Gasteiger partial charge in [0.1, 0.15) is 0 Å². The summed E-state index contributed by atoms with van der Waals surface area (Å²) in [6.07, 6.45) is 0. The first-order valence-corrected chi connectivity index (χ1v) is 7.28. The first kappa shape index (κ1) is 19.9. The van der Waals surface area contributed by atoms with Crippen LogP contribution in [0.4, 0.5) is 11.4 Å². The Bertz CT molecular complexity index is 1140. The minimum Gasteiger partial charge on any atom is -0.857 e. The van der Waals surface area contributed by atoms with Crippen LogP contribution < -0.4 is 32.8 Å². The standard InChI is InChI=1S/2C8H7N3O2.Zn/c2*9-5-3-1-2-4-6(5)8(13)11-10-7(4)12;/h2*1-3H,9H2,(H,10,12)(H,11,13);/q;;+2/p-2. The average Bonchev–Trinajstić information content (AvgIpc) is 2.62. The number of nitrogens with one attached hydrogen (secondary N) is 2. The van der Waals surface area contributed by atoms with Crippen molar-refractivity contribution >= 4 is 32.9 Å². The summed E-state index contributed by atoms with van der Waals surface area (Å²) in [5.74, 6) is -0.941. The van der Waals surface area contributed by atoms with Crippen LogP contribution in [0.2, 0.25) is 0 Å². The van der Waals surface area contributed by atoms with Gasteiger partial charge in [0.2, 0.25) is 0 Å². The van der Waals surface area contributed by atoms with Crippen molar-refractivity contribution < 1.29 is 29.7 Å². The Balaban J connectivity index is 0.000000187. The smallest absolute Gasteiger partial charge is 0.857 e. The van der Waals surface area contributed by atoms with Gasteiger partial charge in [0.05, 0.1) is 10.8 Å². The molecule has 6 N–H and O–H groups in total. The topological polar surface area (TPSA) is 190 Å². The fraction of sp³-hybridized carbons (Fsp3) is 0. The van der Waals surface area contributed by atoms with Crippen molar-refractivity contribution in [3.8, 4) is 11.8 Å². The van der Waals surface area contributed by atoms with Crippen molar-refractivity contribution in [1.29, 1.82) is 0 Å². The van der Waals surface area contributed by atoms with Crippen molar-refractivity contribution in [2.24, 2.45) is 0 Å². The molecular formula is C16H12N6O4Zn. The van der Waals surface area contributed by atoms with Gasteiger partial charge in [-0.1, -0.05) is 24.3 Å². The Morgan fingerprint density at radius 2 is 1.11 bits per heavy atom. The summed E-state index contributed by atoms with van der Waals surface area (Å²) in [6, 6.07) is 9.40. The molecule has 0 bridgehead atoms. The zero-order valence-electron chi connectivity index (χ0n) is 13.9. The summed E-state index contributed by atoms with van der Waals surface area (Å²) in [5, 5.41) is 34.0. The third kappa shape index (κ3) is 3.72. The molecule has 0 saturated carbocycles. The van der Waals surface area contributed by atoms with E-state index in [2.05, 4.69) is 20.4 Å². The van der Waals surface area contributed by atoms with Crippen molar-refractivity contribution in [2.75, 3.05) is 11.5 Å². The molecule has 132 valence electrons. The van der Waals surface area contributed by atoms with E-state index in [0.29, 0.717) is 11.4 Å². The molecule has 0 saturated heterocycles. The summed E-state index contributed by atoms with van der Waals surface area (Å²) in [7, 11) is 0. The van der Waals surface area contributed by atoms with Crippen LogP contribution in [-0.2, 0) is 19.5 Å². The fourth-order valence-electron chi connectivity index (χ4n) is 2.44. The number of rotatable bonds is 0. The van der Waals surface area contributed by atoms with Crippen molar-refractivity contribution in [3.05, 3.63) is 57.1 Å². The molecule has 2 heterocycles. The Hall–Kier alpha value is -3.46. The first-order valence-electron chi connectivity index (χ1n) is 7.28. The molecule has 2 aromatic heterocycles. The SMILES string of the molecule is Nc1cccc2c([O-])n[nH]c(=O)c12.Nc1cccc2c([O-])n[nH]c(=O)c12.[Zn+2].